The van der Waals surface area contributed by atoms with E-state index in [1.807, 2.05) is 0 Å². The minimum atomic E-state index is 0. The van der Waals surface area contributed by atoms with Crippen LogP contribution in [-0.4, -0.2) is 13.1 Å². The van der Waals surface area contributed by atoms with E-state index in [1.165, 1.54) is 58.0 Å². The lowest BCUT2D eigenvalue weighted by Crippen LogP contribution is -2.26. The Hall–Kier alpha value is -0.0400. The Balaban J connectivity index is 0. The summed E-state index contributed by atoms with van der Waals surface area (Å²) in [6.07, 6.45) is 10.2. The normalized spacial score (nSPS) is 22.1. The molecule has 2 aliphatic rings. The predicted molar refractivity (Wildman–Crippen MR) is 77.0 cm³/mol. The summed E-state index contributed by atoms with van der Waals surface area (Å²) in [5, 5.41) is 3.32. The van der Waals surface area contributed by atoms with E-state index in [1.54, 1.807) is 0 Å². The molecule has 0 radical (unpaired) electrons. The standard InChI is InChI=1S/C7H14.C6H13N.2CH4/c1-7-5-3-2-4-6-7;1-6-2-4-7-5-3-6;;/h7H,2-6H2,1H3;6-7H,2-5H2,1H3;2*1H4. The van der Waals surface area contributed by atoms with Crippen molar-refractivity contribution in [2.45, 2.75) is 73.6 Å². The topological polar surface area (TPSA) is 12.0 Å². The molecular weight excluding hydrogens is 194 g/mol. The number of rotatable bonds is 0. The first-order chi connectivity index (χ1) is 6.79. The van der Waals surface area contributed by atoms with Gasteiger partial charge in [0.1, 0.15) is 0 Å². The molecule has 1 nitrogen and oxygen atoms in total. The summed E-state index contributed by atoms with van der Waals surface area (Å²) in [5.74, 6) is 2.01. The molecule has 0 spiro atoms. The van der Waals surface area contributed by atoms with Gasteiger partial charge in [0.25, 0.3) is 0 Å². The van der Waals surface area contributed by atoms with Crippen LogP contribution < -0.4 is 5.32 Å². The largest absolute Gasteiger partial charge is 0.317 e. The molecule has 2 fully saturated rings. The van der Waals surface area contributed by atoms with E-state index in [-0.39, 0.29) is 14.9 Å². The summed E-state index contributed by atoms with van der Waals surface area (Å²) < 4.78 is 0. The van der Waals surface area contributed by atoms with Gasteiger partial charge in [-0.2, -0.15) is 0 Å². The molecule has 1 heterocycles. The molecule has 0 aromatic heterocycles. The summed E-state index contributed by atoms with van der Waals surface area (Å²) in [7, 11) is 0. The molecule has 0 aromatic carbocycles. The third-order valence-corrected chi connectivity index (χ3v) is 3.52. The highest BCUT2D eigenvalue weighted by molar-refractivity contribution is 4.63. The highest BCUT2D eigenvalue weighted by Crippen LogP contribution is 2.22. The average Bonchev–Trinajstić information content (AvgIpc) is 2.21. The molecule has 1 aliphatic heterocycles. The molecule has 0 bridgehead atoms. The van der Waals surface area contributed by atoms with Crippen LogP contribution in [-0.2, 0) is 0 Å². The highest BCUT2D eigenvalue weighted by atomic mass is 14.9. The fraction of sp³-hybridized carbons (Fsp3) is 1.00. The van der Waals surface area contributed by atoms with E-state index in [0.717, 1.165) is 11.8 Å². The molecule has 16 heavy (non-hydrogen) atoms. The summed E-state index contributed by atoms with van der Waals surface area (Å²) in [6.45, 7) is 7.16. The lowest BCUT2D eigenvalue weighted by atomic mass is 9.91. The summed E-state index contributed by atoms with van der Waals surface area (Å²) >= 11 is 0. The molecule has 0 aromatic rings. The predicted octanol–water partition coefficient (Wildman–Crippen LogP) is 4.86. The highest BCUT2D eigenvalue weighted by Gasteiger charge is 2.06. The Morgan fingerprint density at radius 1 is 0.688 bits per heavy atom. The van der Waals surface area contributed by atoms with Crippen LogP contribution in [0.2, 0.25) is 0 Å². The minimum absolute atomic E-state index is 0. The van der Waals surface area contributed by atoms with Crippen molar-refractivity contribution in [3.05, 3.63) is 0 Å². The Morgan fingerprint density at radius 2 is 1.12 bits per heavy atom. The van der Waals surface area contributed by atoms with Crippen LogP contribution in [0.5, 0.6) is 0 Å². The number of piperidine rings is 1. The van der Waals surface area contributed by atoms with Crippen molar-refractivity contribution in [1.29, 1.82) is 0 Å². The van der Waals surface area contributed by atoms with Gasteiger partial charge in [0.2, 0.25) is 0 Å². The van der Waals surface area contributed by atoms with E-state index in [2.05, 4.69) is 19.2 Å². The van der Waals surface area contributed by atoms with Crippen LogP contribution in [0.4, 0.5) is 0 Å². The van der Waals surface area contributed by atoms with E-state index in [0.29, 0.717) is 0 Å². The first-order valence-corrected chi connectivity index (χ1v) is 6.49. The van der Waals surface area contributed by atoms with Gasteiger partial charge in [0.15, 0.2) is 0 Å². The van der Waals surface area contributed by atoms with E-state index in [4.69, 9.17) is 0 Å². The molecular formula is C15H35N. The number of hydrogen-bond donors (Lipinski definition) is 1. The van der Waals surface area contributed by atoms with Crippen LogP contribution in [0.1, 0.15) is 73.6 Å². The van der Waals surface area contributed by atoms with Crippen molar-refractivity contribution in [1.82, 2.24) is 5.32 Å². The fourth-order valence-corrected chi connectivity index (χ4v) is 2.27. The zero-order chi connectivity index (χ0) is 10.2. The van der Waals surface area contributed by atoms with Crippen molar-refractivity contribution in [3.63, 3.8) is 0 Å². The van der Waals surface area contributed by atoms with E-state index >= 15 is 0 Å². The number of nitrogens with one attached hydrogen (secondary N) is 1. The fourth-order valence-electron chi connectivity index (χ4n) is 2.27. The van der Waals surface area contributed by atoms with E-state index in [9.17, 15) is 0 Å². The van der Waals surface area contributed by atoms with Gasteiger partial charge in [-0.05, 0) is 37.8 Å². The Bertz CT molecular complexity index is 105. The van der Waals surface area contributed by atoms with Crippen LogP contribution >= 0.6 is 0 Å². The Labute approximate surface area is 104 Å². The molecule has 1 saturated heterocycles. The molecule has 0 atom stereocenters. The molecule has 1 heteroatoms. The van der Waals surface area contributed by atoms with Gasteiger partial charge in [-0.25, -0.2) is 0 Å². The maximum atomic E-state index is 3.32. The zero-order valence-electron chi connectivity index (χ0n) is 10.0. The second-order valence-electron chi connectivity index (χ2n) is 5.18. The monoisotopic (exact) mass is 229 g/mol. The summed E-state index contributed by atoms with van der Waals surface area (Å²) in [5.41, 5.74) is 0. The molecule has 0 unspecified atom stereocenters. The molecule has 0 amide bonds. The molecule has 2 rings (SSSR count). The molecule has 1 saturated carbocycles. The van der Waals surface area contributed by atoms with Gasteiger partial charge in [-0.1, -0.05) is 60.8 Å². The van der Waals surface area contributed by atoms with Crippen LogP contribution in [0, 0.1) is 11.8 Å². The molecule has 100 valence electrons. The Morgan fingerprint density at radius 3 is 1.38 bits per heavy atom. The summed E-state index contributed by atoms with van der Waals surface area (Å²) in [6, 6.07) is 0. The Kier molecular flexibility index (Phi) is 13.1. The maximum absolute atomic E-state index is 3.32. The first-order valence-electron chi connectivity index (χ1n) is 6.49. The first kappa shape index (κ1) is 18.3. The maximum Gasteiger partial charge on any atom is -0.00464 e. The SMILES string of the molecule is C.C.CC1CCCCC1.CC1CCNCC1. The van der Waals surface area contributed by atoms with Crippen molar-refractivity contribution >= 4 is 0 Å². The second-order valence-corrected chi connectivity index (χ2v) is 5.18. The second kappa shape index (κ2) is 11.4. The van der Waals surface area contributed by atoms with Crippen molar-refractivity contribution < 1.29 is 0 Å². The number of hydrogen-bond acceptors (Lipinski definition) is 1. The van der Waals surface area contributed by atoms with Crippen molar-refractivity contribution in [2.24, 2.45) is 11.8 Å². The van der Waals surface area contributed by atoms with Gasteiger partial charge >= 0.3 is 0 Å². The molecule has 1 aliphatic carbocycles. The van der Waals surface area contributed by atoms with Crippen LogP contribution in [0.15, 0.2) is 0 Å². The van der Waals surface area contributed by atoms with Gasteiger partial charge in [0, 0.05) is 0 Å². The smallest absolute Gasteiger partial charge is 0.00464 e. The van der Waals surface area contributed by atoms with Gasteiger partial charge in [-0.3, -0.25) is 0 Å². The van der Waals surface area contributed by atoms with Gasteiger partial charge in [0.05, 0.1) is 0 Å². The lowest BCUT2D eigenvalue weighted by Gasteiger charge is -2.17. The average molecular weight is 229 g/mol. The van der Waals surface area contributed by atoms with Gasteiger partial charge in [-0.15, -0.1) is 0 Å². The third-order valence-electron chi connectivity index (χ3n) is 3.52. The van der Waals surface area contributed by atoms with Crippen molar-refractivity contribution in [3.8, 4) is 0 Å². The van der Waals surface area contributed by atoms with Crippen LogP contribution in [0.3, 0.4) is 0 Å². The third kappa shape index (κ3) is 9.21. The summed E-state index contributed by atoms with van der Waals surface area (Å²) in [4.78, 5) is 0. The van der Waals surface area contributed by atoms with Crippen LogP contribution in [0.25, 0.3) is 0 Å². The quantitative estimate of drug-likeness (QED) is 0.625. The lowest BCUT2D eigenvalue weighted by molar-refractivity contribution is 0.385. The zero-order valence-corrected chi connectivity index (χ0v) is 10.0. The van der Waals surface area contributed by atoms with Gasteiger partial charge < -0.3 is 5.32 Å². The van der Waals surface area contributed by atoms with E-state index < -0.39 is 0 Å². The van der Waals surface area contributed by atoms with Crippen molar-refractivity contribution in [2.75, 3.05) is 13.1 Å². The molecule has 1 N–H and O–H groups in total. The minimum Gasteiger partial charge on any atom is -0.317 e.